The Morgan fingerprint density at radius 1 is 1.25 bits per heavy atom. The molecular formula is C10H4BrF3NO-. The van der Waals surface area contributed by atoms with E-state index >= 15 is 0 Å². The number of halogens is 4. The molecule has 6 heteroatoms. The summed E-state index contributed by atoms with van der Waals surface area (Å²) in [5.41, 5.74) is -1.14. The van der Waals surface area contributed by atoms with Crippen LogP contribution in [0.5, 0.6) is 5.75 Å². The molecule has 0 radical (unpaired) electrons. The Morgan fingerprint density at radius 2 is 1.94 bits per heavy atom. The summed E-state index contributed by atoms with van der Waals surface area (Å²) in [5, 5.41) is 11.6. The van der Waals surface area contributed by atoms with Crippen molar-refractivity contribution in [3.05, 3.63) is 34.4 Å². The maximum Gasteiger partial charge on any atom is 0.433 e. The van der Waals surface area contributed by atoms with Crippen molar-refractivity contribution in [1.29, 1.82) is 0 Å². The fourth-order valence-corrected chi connectivity index (χ4v) is 1.78. The molecule has 1 aromatic heterocycles. The van der Waals surface area contributed by atoms with Crippen molar-refractivity contribution in [3.63, 3.8) is 0 Å². The Bertz CT molecular complexity index is 553. The molecule has 2 aromatic rings. The maximum absolute atomic E-state index is 12.4. The number of rotatable bonds is 0. The number of benzene rings is 1. The first-order valence-corrected chi connectivity index (χ1v) is 5.02. The van der Waals surface area contributed by atoms with Crippen LogP contribution < -0.4 is 5.11 Å². The van der Waals surface area contributed by atoms with E-state index in [1.807, 2.05) is 0 Å². The molecule has 2 rings (SSSR count). The summed E-state index contributed by atoms with van der Waals surface area (Å²) in [6.07, 6.45) is -4.61. The van der Waals surface area contributed by atoms with E-state index in [-0.39, 0.29) is 10.9 Å². The number of nitrogens with zero attached hydrogens (tertiary/aromatic N) is 1. The second-order valence-corrected chi connectivity index (χ2v) is 3.99. The topological polar surface area (TPSA) is 36.0 Å². The van der Waals surface area contributed by atoms with Gasteiger partial charge in [-0.15, -0.1) is 0 Å². The molecular weight excluding hydrogens is 287 g/mol. The van der Waals surface area contributed by atoms with E-state index in [2.05, 4.69) is 20.9 Å². The molecule has 0 N–H and O–H groups in total. The van der Waals surface area contributed by atoms with Crippen LogP contribution in [0.4, 0.5) is 13.2 Å². The van der Waals surface area contributed by atoms with E-state index in [4.69, 9.17) is 0 Å². The van der Waals surface area contributed by atoms with E-state index in [0.717, 1.165) is 0 Å². The van der Waals surface area contributed by atoms with Crippen LogP contribution in [0.2, 0.25) is 0 Å². The van der Waals surface area contributed by atoms with Gasteiger partial charge in [0.05, 0.1) is 5.52 Å². The van der Waals surface area contributed by atoms with Gasteiger partial charge < -0.3 is 5.11 Å². The monoisotopic (exact) mass is 290 g/mol. The highest BCUT2D eigenvalue weighted by atomic mass is 79.9. The average Bonchev–Trinajstić information content (AvgIpc) is 2.18. The molecule has 0 amide bonds. The molecule has 0 aliphatic rings. The van der Waals surface area contributed by atoms with Gasteiger partial charge in [-0.05, 0) is 33.4 Å². The zero-order valence-corrected chi connectivity index (χ0v) is 9.26. The van der Waals surface area contributed by atoms with Gasteiger partial charge in [-0.1, -0.05) is 17.9 Å². The van der Waals surface area contributed by atoms with E-state index in [1.54, 1.807) is 6.07 Å². The SMILES string of the molecule is [O-]c1cc(C(F)(F)F)nc2c(Br)cccc12. The lowest BCUT2D eigenvalue weighted by atomic mass is 10.2. The largest absolute Gasteiger partial charge is 0.872 e. The zero-order valence-electron chi connectivity index (χ0n) is 7.68. The molecule has 1 aromatic carbocycles. The van der Waals surface area contributed by atoms with Crippen molar-refractivity contribution in [2.24, 2.45) is 0 Å². The van der Waals surface area contributed by atoms with E-state index in [9.17, 15) is 18.3 Å². The minimum Gasteiger partial charge on any atom is -0.872 e. The first-order chi connectivity index (χ1) is 7.39. The molecule has 0 bridgehead atoms. The van der Waals surface area contributed by atoms with E-state index < -0.39 is 17.6 Å². The van der Waals surface area contributed by atoms with Crippen LogP contribution in [0.1, 0.15) is 5.69 Å². The van der Waals surface area contributed by atoms with Gasteiger partial charge in [0.25, 0.3) is 0 Å². The lowest BCUT2D eigenvalue weighted by Crippen LogP contribution is -2.09. The Morgan fingerprint density at radius 3 is 2.56 bits per heavy atom. The quantitative estimate of drug-likeness (QED) is 0.747. The normalized spacial score (nSPS) is 12.0. The molecule has 84 valence electrons. The summed E-state index contributed by atoms with van der Waals surface area (Å²) in [6, 6.07) is 5.06. The van der Waals surface area contributed by atoms with Crippen LogP contribution >= 0.6 is 15.9 Å². The third-order valence-corrected chi connectivity index (χ3v) is 2.68. The lowest BCUT2D eigenvalue weighted by Gasteiger charge is -2.14. The van der Waals surface area contributed by atoms with Crippen molar-refractivity contribution in [1.82, 2.24) is 4.98 Å². The number of hydrogen-bond donors (Lipinski definition) is 0. The van der Waals surface area contributed by atoms with Gasteiger partial charge in [0.15, 0.2) is 0 Å². The van der Waals surface area contributed by atoms with Crippen molar-refractivity contribution in [2.45, 2.75) is 6.18 Å². The lowest BCUT2D eigenvalue weighted by molar-refractivity contribution is -0.266. The molecule has 1 heterocycles. The number of aromatic nitrogens is 1. The summed E-state index contributed by atoms with van der Waals surface area (Å²) >= 11 is 3.06. The fourth-order valence-electron chi connectivity index (χ4n) is 1.33. The van der Waals surface area contributed by atoms with Crippen LogP contribution in [-0.2, 0) is 6.18 Å². The highest BCUT2D eigenvalue weighted by Crippen LogP contribution is 2.34. The molecule has 0 spiro atoms. The smallest absolute Gasteiger partial charge is 0.433 e. The van der Waals surface area contributed by atoms with Crippen LogP contribution in [0.25, 0.3) is 10.9 Å². The zero-order chi connectivity index (χ0) is 11.9. The Kier molecular flexibility index (Phi) is 2.53. The van der Waals surface area contributed by atoms with Crippen LogP contribution in [-0.4, -0.2) is 4.98 Å². The number of pyridine rings is 1. The van der Waals surface area contributed by atoms with Crippen LogP contribution in [0.15, 0.2) is 28.7 Å². The predicted molar refractivity (Wildman–Crippen MR) is 53.9 cm³/mol. The van der Waals surface area contributed by atoms with Crippen molar-refractivity contribution in [2.75, 3.05) is 0 Å². The molecule has 16 heavy (non-hydrogen) atoms. The molecule has 0 unspecified atom stereocenters. The first-order valence-electron chi connectivity index (χ1n) is 4.23. The molecule has 0 fully saturated rings. The third-order valence-electron chi connectivity index (χ3n) is 2.04. The Balaban J connectivity index is 2.81. The summed E-state index contributed by atoms with van der Waals surface area (Å²) < 4.78 is 37.6. The van der Waals surface area contributed by atoms with Gasteiger partial charge in [0.2, 0.25) is 0 Å². The standard InChI is InChI=1S/C10H5BrF3NO/c11-6-3-1-2-5-7(16)4-8(10(12,13)14)15-9(5)6/h1-4H,(H,15,16)/p-1. The highest BCUT2D eigenvalue weighted by molar-refractivity contribution is 9.10. The summed E-state index contributed by atoms with van der Waals surface area (Å²) in [5.74, 6) is -0.682. The second kappa shape index (κ2) is 3.62. The Hall–Kier alpha value is -1.30. The van der Waals surface area contributed by atoms with Crippen molar-refractivity contribution < 1.29 is 18.3 Å². The van der Waals surface area contributed by atoms with Gasteiger partial charge in [0.1, 0.15) is 5.69 Å². The number of hydrogen-bond acceptors (Lipinski definition) is 2. The van der Waals surface area contributed by atoms with E-state index in [1.165, 1.54) is 12.1 Å². The number of alkyl halides is 3. The van der Waals surface area contributed by atoms with Gasteiger partial charge in [0, 0.05) is 4.47 Å². The fraction of sp³-hybridized carbons (Fsp3) is 0.100. The molecule has 2 nitrogen and oxygen atoms in total. The average molecular weight is 291 g/mol. The first kappa shape index (κ1) is 11.2. The molecule has 0 atom stereocenters. The van der Waals surface area contributed by atoms with Crippen LogP contribution in [0, 0.1) is 0 Å². The number of para-hydroxylation sites is 1. The predicted octanol–water partition coefficient (Wildman–Crippen LogP) is 3.09. The van der Waals surface area contributed by atoms with Gasteiger partial charge in [-0.25, -0.2) is 4.98 Å². The van der Waals surface area contributed by atoms with E-state index in [0.29, 0.717) is 10.5 Å². The van der Waals surface area contributed by atoms with Gasteiger partial charge in [-0.2, -0.15) is 13.2 Å². The number of fused-ring (bicyclic) bond motifs is 1. The molecule has 0 saturated carbocycles. The van der Waals surface area contributed by atoms with Crippen molar-refractivity contribution in [3.8, 4) is 5.75 Å². The molecule has 0 aliphatic carbocycles. The maximum atomic E-state index is 12.4. The third kappa shape index (κ3) is 1.84. The minimum absolute atomic E-state index is 0.0299. The minimum atomic E-state index is -4.61. The molecule has 0 saturated heterocycles. The summed E-state index contributed by atoms with van der Waals surface area (Å²) in [7, 11) is 0. The summed E-state index contributed by atoms with van der Waals surface area (Å²) in [4.78, 5) is 3.43. The van der Waals surface area contributed by atoms with Gasteiger partial charge >= 0.3 is 6.18 Å². The molecule has 0 aliphatic heterocycles. The van der Waals surface area contributed by atoms with Crippen molar-refractivity contribution >= 4 is 26.8 Å². The Labute approximate surface area is 96.9 Å². The highest BCUT2D eigenvalue weighted by Gasteiger charge is 2.32. The van der Waals surface area contributed by atoms with Gasteiger partial charge in [-0.3, -0.25) is 0 Å². The van der Waals surface area contributed by atoms with Crippen LogP contribution in [0.3, 0.4) is 0 Å². The second-order valence-electron chi connectivity index (χ2n) is 3.14. The summed E-state index contributed by atoms with van der Waals surface area (Å²) in [6.45, 7) is 0.